The molecule has 0 unspecified atom stereocenters. The largest absolute Gasteiger partial charge is 0.497 e. The monoisotopic (exact) mass is 288 g/mol. The Hall–Kier alpha value is -2.69. The molecule has 0 radical (unpaired) electrons. The van der Waals surface area contributed by atoms with Gasteiger partial charge in [0.05, 0.1) is 26.9 Å². The number of hydrogen-bond acceptors (Lipinski definition) is 4. The van der Waals surface area contributed by atoms with Crippen LogP contribution in [0.25, 0.3) is 11.1 Å². The number of ether oxygens (including phenoxy) is 3. The Morgan fingerprint density at radius 2 is 1.43 bits per heavy atom. The van der Waals surface area contributed by atoms with Crippen LogP contribution in [0, 0.1) is 0 Å². The van der Waals surface area contributed by atoms with Crippen molar-refractivity contribution in [2.45, 2.75) is 0 Å². The highest BCUT2D eigenvalue weighted by Crippen LogP contribution is 2.38. The molecule has 0 aliphatic carbocycles. The van der Waals surface area contributed by atoms with Gasteiger partial charge in [-0.1, -0.05) is 0 Å². The van der Waals surface area contributed by atoms with E-state index in [2.05, 4.69) is 0 Å². The molecule has 0 aliphatic rings. The molecule has 0 saturated carbocycles. The molecule has 1 N–H and O–H groups in total. The predicted molar refractivity (Wildman–Crippen MR) is 78.5 cm³/mol. The summed E-state index contributed by atoms with van der Waals surface area (Å²) in [4.78, 5) is 11.0. The molecule has 0 aromatic heterocycles. The van der Waals surface area contributed by atoms with Gasteiger partial charge in [-0.15, -0.1) is 0 Å². The summed E-state index contributed by atoms with van der Waals surface area (Å²) in [7, 11) is 4.65. The Kier molecular flexibility index (Phi) is 4.33. The average molecular weight is 288 g/mol. The fourth-order valence-electron chi connectivity index (χ4n) is 2.07. The molecule has 0 atom stereocenters. The first-order valence-electron chi connectivity index (χ1n) is 6.24. The number of carboxylic acid groups (broad SMARTS) is 1. The van der Waals surface area contributed by atoms with Gasteiger partial charge in [0.25, 0.3) is 0 Å². The van der Waals surface area contributed by atoms with Crippen LogP contribution in [-0.2, 0) is 0 Å². The van der Waals surface area contributed by atoms with E-state index >= 15 is 0 Å². The van der Waals surface area contributed by atoms with Crippen LogP contribution in [-0.4, -0.2) is 32.4 Å². The topological polar surface area (TPSA) is 65.0 Å². The van der Waals surface area contributed by atoms with Gasteiger partial charge in [-0.05, 0) is 30.3 Å². The highest BCUT2D eigenvalue weighted by molar-refractivity contribution is 5.90. The Bertz CT molecular complexity index is 664. The highest BCUT2D eigenvalue weighted by atomic mass is 16.5. The minimum Gasteiger partial charge on any atom is -0.497 e. The Labute approximate surface area is 122 Å². The van der Waals surface area contributed by atoms with E-state index in [0.717, 1.165) is 11.1 Å². The van der Waals surface area contributed by atoms with E-state index in [1.165, 1.54) is 19.2 Å². The van der Waals surface area contributed by atoms with Gasteiger partial charge in [-0.3, -0.25) is 0 Å². The van der Waals surface area contributed by atoms with E-state index < -0.39 is 5.97 Å². The maximum Gasteiger partial charge on any atom is 0.335 e. The van der Waals surface area contributed by atoms with Crippen molar-refractivity contribution >= 4 is 5.97 Å². The molecule has 0 fully saturated rings. The van der Waals surface area contributed by atoms with Crippen LogP contribution in [0.15, 0.2) is 36.4 Å². The Morgan fingerprint density at radius 3 is 1.95 bits per heavy atom. The summed E-state index contributed by atoms with van der Waals surface area (Å²) in [5.74, 6) is 0.771. The first-order valence-corrected chi connectivity index (χ1v) is 6.24. The highest BCUT2D eigenvalue weighted by Gasteiger charge is 2.14. The van der Waals surface area contributed by atoms with Crippen LogP contribution >= 0.6 is 0 Å². The van der Waals surface area contributed by atoms with Crippen molar-refractivity contribution in [1.29, 1.82) is 0 Å². The molecule has 0 bridgehead atoms. The van der Waals surface area contributed by atoms with Gasteiger partial charge < -0.3 is 19.3 Å². The third-order valence-corrected chi connectivity index (χ3v) is 3.15. The summed E-state index contributed by atoms with van der Waals surface area (Å²) >= 11 is 0. The summed E-state index contributed by atoms with van der Waals surface area (Å²) < 4.78 is 15.8. The van der Waals surface area contributed by atoms with Crippen LogP contribution in [0.5, 0.6) is 17.2 Å². The van der Waals surface area contributed by atoms with E-state index in [0.29, 0.717) is 17.2 Å². The van der Waals surface area contributed by atoms with Crippen LogP contribution in [0.2, 0.25) is 0 Å². The minimum atomic E-state index is -0.999. The van der Waals surface area contributed by atoms with E-state index in [1.807, 2.05) is 12.1 Å². The molecule has 0 aliphatic heterocycles. The molecule has 0 spiro atoms. The molecule has 0 amide bonds. The molecular weight excluding hydrogens is 272 g/mol. The van der Waals surface area contributed by atoms with Gasteiger partial charge in [-0.25, -0.2) is 4.79 Å². The number of methoxy groups -OCH3 is 3. The van der Waals surface area contributed by atoms with Gasteiger partial charge in [0.2, 0.25) is 0 Å². The first kappa shape index (κ1) is 14.7. The molecular formula is C16H16O5. The van der Waals surface area contributed by atoms with Crippen LogP contribution in [0.4, 0.5) is 0 Å². The maximum absolute atomic E-state index is 11.0. The number of carbonyl (C=O) groups is 1. The fraction of sp³-hybridized carbons (Fsp3) is 0.188. The number of rotatable bonds is 5. The lowest BCUT2D eigenvalue weighted by Crippen LogP contribution is -1.98. The normalized spacial score (nSPS) is 10.0. The third-order valence-electron chi connectivity index (χ3n) is 3.15. The smallest absolute Gasteiger partial charge is 0.335 e. The molecule has 21 heavy (non-hydrogen) atoms. The molecule has 5 heteroatoms. The van der Waals surface area contributed by atoms with Gasteiger partial charge in [0, 0.05) is 17.2 Å². The van der Waals surface area contributed by atoms with Crippen molar-refractivity contribution in [3.05, 3.63) is 42.0 Å². The van der Waals surface area contributed by atoms with Crippen LogP contribution in [0.1, 0.15) is 10.4 Å². The average Bonchev–Trinajstić information content (AvgIpc) is 2.53. The number of hydrogen-bond donors (Lipinski definition) is 1. The second-order valence-electron chi connectivity index (χ2n) is 4.29. The fourth-order valence-corrected chi connectivity index (χ4v) is 2.07. The summed E-state index contributed by atoms with van der Waals surface area (Å²) in [6.45, 7) is 0. The van der Waals surface area contributed by atoms with Crippen molar-refractivity contribution in [3.63, 3.8) is 0 Å². The summed E-state index contributed by atoms with van der Waals surface area (Å²) in [5.41, 5.74) is 1.72. The third kappa shape index (κ3) is 2.91. The zero-order valence-electron chi connectivity index (χ0n) is 12.0. The summed E-state index contributed by atoms with van der Waals surface area (Å²) in [6.07, 6.45) is 0. The SMILES string of the molecule is COc1ccc(-c2ccc(C(=O)O)cc2OC)c(OC)c1. The van der Waals surface area contributed by atoms with Gasteiger partial charge in [0.15, 0.2) is 0 Å². The zero-order valence-corrected chi connectivity index (χ0v) is 12.0. The molecule has 0 heterocycles. The molecule has 2 aromatic rings. The molecule has 2 aromatic carbocycles. The van der Waals surface area contributed by atoms with Gasteiger partial charge in [0.1, 0.15) is 17.2 Å². The van der Waals surface area contributed by atoms with Crippen LogP contribution < -0.4 is 14.2 Å². The molecule has 110 valence electrons. The number of carboxylic acids is 1. The van der Waals surface area contributed by atoms with E-state index in [1.54, 1.807) is 26.4 Å². The van der Waals surface area contributed by atoms with E-state index in [-0.39, 0.29) is 5.56 Å². The Balaban J connectivity index is 2.58. The predicted octanol–water partition coefficient (Wildman–Crippen LogP) is 3.08. The zero-order chi connectivity index (χ0) is 15.4. The molecule has 0 saturated heterocycles. The van der Waals surface area contributed by atoms with Crippen molar-refractivity contribution < 1.29 is 24.1 Å². The van der Waals surface area contributed by atoms with Gasteiger partial charge in [-0.2, -0.15) is 0 Å². The van der Waals surface area contributed by atoms with Crippen LogP contribution in [0.3, 0.4) is 0 Å². The summed E-state index contributed by atoms with van der Waals surface area (Å²) in [5, 5.41) is 9.04. The maximum atomic E-state index is 11.0. The van der Waals surface area contributed by atoms with E-state index in [4.69, 9.17) is 19.3 Å². The van der Waals surface area contributed by atoms with Crippen molar-refractivity contribution in [3.8, 4) is 28.4 Å². The second-order valence-corrected chi connectivity index (χ2v) is 4.29. The van der Waals surface area contributed by atoms with E-state index in [9.17, 15) is 4.79 Å². The quantitative estimate of drug-likeness (QED) is 0.916. The summed E-state index contributed by atoms with van der Waals surface area (Å²) in [6, 6.07) is 10.1. The lowest BCUT2D eigenvalue weighted by atomic mass is 10.0. The number of benzene rings is 2. The lowest BCUT2D eigenvalue weighted by Gasteiger charge is -2.14. The second kappa shape index (κ2) is 6.17. The minimum absolute atomic E-state index is 0.170. The van der Waals surface area contributed by atoms with Crippen molar-refractivity contribution in [2.24, 2.45) is 0 Å². The van der Waals surface area contributed by atoms with Crippen molar-refractivity contribution in [1.82, 2.24) is 0 Å². The van der Waals surface area contributed by atoms with Crippen molar-refractivity contribution in [2.75, 3.05) is 21.3 Å². The molecule has 5 nitrogen and oxygen atoms in total. The standard InChI is InChI=1S/C16H16O5/c1-19-11-5-7-13(15(9-11)21-3)12-6-4-10(16(17)18)8-14(12)20-2/h4-9H,1-3H3,(H,17,18). The Morgan fingerprint density at radius 1 is 0.857 bits per heavy atom. The molecule has 2 rings (SSSR count). The van der Waals surface area contributed by atoms with Gasteiger partial charge >= 0.3 is 5.97 Å². The first-order chi connectivity index (χ1) is 10.1. The lowest BCUT2D eigenvalue weighted by molar-refractivity contribution is 0.0696. The number of aromatic carboxylic acids is 1.